The number of fused-ring (bicyclic) bond motifs is 1. The van der Waals surface area contributed by atoms with E-state index < -0.39 is 23.4 Å². The Morgan fingerprint density at radius 1 is 1.15 bits per heavy atom. The van der Waals surface area contributed by atoms with Crippen molar-refractivity contribution >= 4 is 46.7 Å². The molecule has 0 aromatic heterocycles. The van der Waals surface area contributed by atoms with Crippen LogP contribution in [0.4, 0.5) is 10.5 Å². The van der Waals surface area contributed by atoms with Gasteiger partial charge in [-0.15, -0.1) is 0 Å². The van der Waals surface area contributed by atoms with Crippen LogP contribution in [-0.2, 0) is 9.53 Å². The summed E-state index contributed by atoms with van der Waals surface area (Å²) in [5.74, 6) is -1.90. The number of amides is 2. The molecular weight excluding hydrogens is 305 g/mol. The van der Waals surface area contributed by atoms with Crippen molar-refractivity contribution in [2.75, 3.05) is 4.90 Å². The normalized spacial score (nSPS) is 14.6. The molecule has 0 saturated heterocycles. The van der Waals surface area contributed by atoms with Gasteiger partial charge in [0.1, 0.15) is 5.60 Å². The highest BCUT2D eigenvalue weighted by Gasteiger charge is 2.44. The minimum Gasteiger partial charge on any atom is -0.443 e. The Morgan fingerprint density at radius 3 is 2.25 bits per heavy atom. The van der Waals surface area contributed by atoms with Crippen molar-refractivity contribution in [3.63, 3.8) is 0 Å². The van der Waals surface area contributed by atoms with Gasteiger partial charge in [0.25, 0.3) is 5.78 Å². The van der Waals surface area contributed by atoms with E-state index in [1.807, 2.05) is 0 Å². The van der Waals surface area contributed by atoms with Gasteiger partial charge < -0.3 is 4.74 Å². The Labute approximate surface area is 125 Å². The second-order valence-electron chi connectivity index (χ2n) is 5.20. The molecule has 0 N–H and O–H groups in total. The molecular formula is C13H11Cl2NO4. The molecule has 1 aromatic carbocycles. The number of hydrogen-bond acceptors (Lipinski definition) is 4. The maximum Gasteiger partial charge on any atom is 0.422 e. The first kappa shape index (κ1) is 14.8. The molecule has 1 aromatic rings. The average molecular weight is 316 g/mol. The first-order chi connectivity index (χ1) is 9.13. The van der Waals surface area contributed by atoms with E-state index in [2.05, 4.69) is 0 Å². The minimum absolute atomic E-state index is 0.0246. The van der Waals surface area contributed by atoms with Crippen LogP contribution in [0.25, 0.3) is 0 Å². The smallest absolute Gasteiger partial charge is 0.422 e. The highest BCUT2D eigenvalue weighted by atomic mass is 35.5. The van der Waals surface area contributed by atoms with Gasteiger partial charge in [-0.05, 0) is 32.9 Å². The summed E-state index contributed by atoms with van der Waals surface area (Å²) < 4.78 is 5.10. The van der Waals surface area contributed by atoms with Gasteiger partial charge in [-0.2, -0.15) is 0 Å². The van der Waals surface area contributed by atoms with Gasteiger partial charge in [-0.3, -0.25) is 9.59 Å². The zero-order valence-electron chi connectivity index (χ0n) is 11.0. The van der Waals surface area contributed by atoms with E-state index in [1.54, 1.807) is 20.8 Å². The molecule has 20 heavy (non-hydrogen) atoms. The van der Waals surface area contributed by atoms with Crippen LogP contribution in [0.2, 0.25) is 10.0 Å². The number of carbonyl (C=O) groups excluding carboxylic acids is 3. The van der Waals surface area contributed by atoms with Crippen LogP contribution in [0.15, 0.2) is 12.1 Å². The number of ketones is 1. The molecule has 2 amide bonds. The molecule has 0 radical (unpaired) electrons. The Bertz CT molecular complexity index is 634. The van der Waals surface area contributed by atoms with Gasteiger partial charge >= 0.3 is 12.0 Å². The Kier molecular flexibility index (Phi) is 3.52. The molecule has 7 heteroatoms. The molecule has 0 spiro atoms. The molecule has 106 valence electrons. The monoisotopic (exact) mass is 315 g/mol. The number of nitrogens with zero attached hydrogens (tertiary/aromatic N) is 1. The fourth-order valence-corrected chi connectivity index (χ4v) is 2.25. The molecule has 0 atom stereocenters. The number of rotatable bonds is 0. The van der Waals surface area contributed by atoms with Crippen LogP contribution in [0, 0.1) is 0 Å². The van der Waals surface area contributed by atoms with Gasteiger partial charge in [-0.25, -0.2) is 9.69 Å². The van der Waals surface area contributed by atoms with E-state index in [0.29, 0.717) is 4.90 Å². The van der Waals surface area contributed by atoms with Gasteiger partial charge in [0, 0.05) is 0 Å². The fourth-order valence-electron chi connectivity index (χ4n) is 1.77. The maximum absolute atomic E-state index is 12.1. The number of anilines is 1. The van der Waals surface area contributed by atoms with Gasteiger partial charge in [0.05, 0.1) is 21.3 Å². The Morgan fingerprint density at radius 2 is 1.70 bits per heavy atom. The van der Waals surface area contributed by atoms with Gasteiger partial charge in [0.15, 0.2) is 0 Å². The molecule has 0 fully saturated rings. The molecule has 0 bridgehead atoms. The summed E-state index contributed by atoms with van der Waals surface area (Å²) in [5, 5.41) is 0.142. The molecule has 1 heterocycles. The van der Waals surface area contributed by atoms with Crippen LogP contribution in [-0.4, -0.2) is 23.4 Å². The number of hydrogen-bond donors (Lipinski definition) is 0. The van der Waals surface area contributed by atoms with Crippen LogP contribution < -0.4 is 4.90 Å². The predicted octanol–water partition coefficient (Wildman–Crippen LogP) is 3.46. The second kappa shape index (κ2) is 4.75. The van der Waals surface area contributed by atoms with E-state index >= 15 is 0 Å². The van der Waals surface area contributed by atoms with Crippen molar-refractivity contribution in [3.05, 3.63) is 27.7 Å². The molecule has 0 aliphatic carbocycles. The first-order valence-electron chi connectivity index (χ1n) is 5.73. The standard InChI is InChI=1S/C13H11Cl2NO4/c1-13(2,3)20-12(19)16-9-7(15)5-4-6(14)8(9)10(17)11(16)18/h4-5H,1-3H3. The lowest BCUT2D eigenvalue weighted by molar-refractivity contribution is -0.114. The molecule has 0 unspecified atom stereocenters. The quantitative estimate of drug-likeness (QED) is 0.688. The lowest BCUT2D eigenvalue weighted by Gasteiger charge is -2.23. The third-order valence-corrected chi connectivity index (χ3v) is 3.12. The van der Waals surface area contributed by atoms with Crippen molar-refractivity contribution in [1.29, 1.82) is 0 Å². The SMILES string of the molecule is CC(C)(C)OC(=O)N1C(=O)C(=O)c2c(Cl)ccc(Cl)c21. The van der Waals surface area contributed by atoms with E-state index in [1.165, 1.54) is 12.1 Å². The zero-order chi connectivity index (χ0) is 15.2. The lowest BCUT2D eigenvalue weighted by atomic mass is 10.1. The molecule has 1 aliphatic heterocycles. The van der Waals surface area contributed by atoms with Crippen LogP contribution in [0.5, 0.6) is 0 Å². The number of Topliss-reactive ketones (excluding diaryl/α,β-unsaturated/α-hetero) is 1. The minimum atomic E-state index is -1.02. The van der Waals surface area contributed by atoms with E-state index in [0.717, 1.165) is 0 Å². The fraction of sp³-hybridized carbons (Fsp3) is 0.308. The molecule has 2 rings (SSSR count). The lowest BCUT2D eigenvalue weighted by Crippen LogP contribution is -2.40. The highest BCUT2D eigenvalue weighted by molar-refractivity contribution is 6.59. The molecule has 5 nitrogen and oxygen atoms in total. The van der Waals surface area contributed by atoms with E-state index in [9.17, 15) is 14.4 Å². The van der Waals surface area contributed by atoms with Gasteiger partial charge in [0.2, 0.25) is 0 Å². The summed E-state index contributed by atoms with van der Waals surface area (Å²) in [6, 6.07) is 2.80. The maximum atomic E-state index is 12.1. The summed E-state index contributed by atoms with van der Waals surface area (Å²) >= 11 is 11.9. The van der Waals surface area contributed by atoms with Gasteiger partial charge in [-0.1, -0.05) is 23.2 Å². The van der Waals surface area contributed by atoms with E-state index in [4.69, 9.17) is 27.9 Å². The third-order valence-electron chi connectivity index (χ3n) is 2.50. The first-order valence-corrected chi connectivity index (χ1v) is 6.49. The predicted molar refractivity (Wildman–Crippen MR) is 74.5 cm³/mol. The summed E-state index contributed by atoms with van der Waals surface area (Å²) in [6.07, 6.45) is -0.959. The highest BCUT2D eigenvalue weighted by Crippen LogP contribution is 2.40. The Balaban J connectivity index is 2.54. The van der Waals surface area contributed by atoms with E-state index in [-0.39, 0.29) is 21.3 Å². The van der Waals surface area contributed by atoms with Crippen molar-refractivity contribution in [2.45, 2.75) is 26.4 Å². The summed E-state index contributed by atoms with van der Waals surface area (Å²) in [5.41, 5.74) is -0.910. The molecule has 1 aliphatic rings. The third kappa shape index (κ3) is 2.39. The second-order valence-corrected chi connectivity index (χ2v) is 6.02. The number of benzene rings is 1. The topological polar surface area (TPSA) is 63.7 Å². The van der Waals surface area contributed by atoms with Crippen LogP contribution in [0.1, 0.15) is 31.1 Å². The average Bonchev–Trinajstić information content (AvgIpc) is 2.56. The van der Waals surface area contributed by atoms with Crippen molar-refractivity contribution in [3.8, 4) is 0 Å². The number of imide groups is 1. The summed E-state index contributed by atoms with van der Waals surface area (Å²) in [7, 11) is 0. The zero-order valence-corrected chi connectivity index (χ0v) is 12.5. The molecule has 0 saturated carbocycles. The summed E-state index contributed by atoms with van der Waals surface area (Å²) in [6.45, 7) is 4.94. The van der Waals surface area contributed by atoms with Crippen molar-refractivity contribution in [1.82, 2.24) is 0 Å². The number of ether oxygens (including phenoxy) is 1. The number of carbonyl (C=O) groups is 3. The largest absolute Gasteiger partial charge is 0.443 e. The number of halogens is 2. The Hall–Kier alpha value is -1.59. The van der Waals surface area contributed by atoms with Crippen molar-refractivity contribution < 1.29 is 19.1 Å². The van der Waals surface area contributed by atoms with Crippen LogP contribution >= 0.6 is 23.2 Å². The van der Waals surface area contributed by atoms with Crippen LogP contribution in [0.3, 0.4) is 0 Å². The van der Waals surface area contributed by atoms with Crippen molar-refractivity contribution in [2.24, 2.45) is 0 Å². The summed E-state index contributed by atoms with van der Waals surface area (Å²) in [4.78, 5) is 36.6.